The van der Waals surface area contributed by atoms with Crippen molar-refractivity contribution >= 4 is 5.78 Å². The van der Waals surface area contributed by atoms with Crippen molar-refractivity contribution in [1.29, 1.82) is 0 Å². The molecule has 1 aromatic rings. The Balaban J connectivity index is 2.06. The standard InChI is InChI=1S/C16H24N2O2/c1-4-7-18-12(2)10-15(13(18)3)16(20)11-17-8-5-14(19)6-9-17/h4,10,14,19H,1,5-9,11H2,2-3H3. The Morgan fingerprint density at radius 1 is 1.45 bits per heavy atom. The quantitative estimate of drug-likeness (QED) is 0.660. The summed E-state index contributed by atoms with van der Waals surface area (Å²) in [5.41, 5.74) is 2.93. The van der Waals surface area contributed by atoms with Crippen molar-refractivity contribution in [2.75, 3.05) is 19.6 Å². The third-order valence-electron chi connectivity index (χ3n) is 4.11. The molecule has 1 aliphatic heterocycles. The highest BCUT2D eigenvalue weighted by atomic mass is 16.3. The molecule has 0 amide bonds. The van der Waals surface area contributed by atoms with Gasteiger partial charge in [-0.25, -0.2) is 0 Å². The van der Waals surface area contributed by atoms with Gasteiger partial charge in [0.25, 0.3) is 0 Å². The zero-order chi connectivity index (χ0) is 14.7. The van der Waals surface area contributed by atoms with E-state index in [4.69, 9.17) is 0 Å². The summed E-state index contributed by atoms with van der Waals surface area (Å²) < 4.78 is 2.11. The lowest BCUT2D eigenvalue weighted by Crippen LogP contribution is -2.39. The summed E-state index contributed by atoms with van der Waals surface area (Å²) in [7, 11) is 0. The number of Topliss-reactive ketones (excluding diaryl/α,β-unsaturated/α-hetero) is 1. The zero-order valence-corrected chi connectivity index (χ0v) is 12.4. The van der Waals surface area contributed by atoms with Gasteiger partial charge in [0.05, 0.1) is 12.6 Å². The van der Waals surface area contributed by atoms with E-state index in [0.29, 0.717) is 6.54 Å². The van der Waals surface area contributed by atoms with Gasteiger partial charge in [0.2, 0.25) is 0 Å². The van der Waals surface area contributed by atoms with Crippen LogP contribution in [0.5, 0.6) is 0 Å². The first-order chi connectivity index (χ1) is 9.52. The van der Waals surface area contributed by atoms with E-state index in [1.807, 2.05) is 26.0 Å². The number of likely N-dealkylation sites (tertiary alicyclic amines) is 1. The number of aliphatic hydroxyl groups excluding tert-OH is 1. The molecule has 4 heteroatoms. The van der Waals surface area contributed by atoms with Gasteiger partial charge in [-0.2, -0.15) is 0 Å². The van der Waals surface area contributed by atoms with Crippen LogP contribution in [-0.2, 0) is 6.54 Å². The van der Waals surface area contributed by atoms with Gasteiger partial charge in [-0.3, -0.25) is 9.69 Å². The Hall–Kier alpha value is -1.39. The summed E-state index contributed by atoms with van der Waals surface area (Å²) in [5, 5.41) is 9.50. The molecule has 110 valence electrons. The number of ketones is 1. The van der Waals surface area contributed by atoms with Crippen LogP contribution in [0.25, 0.3) is 0 Å². The van der Waals surface area contributed by atoms with Crippen molar-refractivity contribution in [3.63, 3.8) is 0 Å². The van der Waals surface area contributed by atoms with E-state index < -0.39 is 0 Å². The lowest BCUT2D eigenvalue weighted by atomic mass is 10.1. The molecule has 1 N–H and O–H groups in total. The Morgan fingerprint density at radius 2 is 2.10 bits per heavy atom. The SMILES string of the molecule is C=CCn1c(C)cc(C(=O)CN2CCC(O)CC2)c1C. The van der Waals surface area contributed by atoms with Crippen LogP contribution in [0.15, 0.2) is 18.7 Å². The van der Waals surface area contributed by atoms with E-state index in [1.54, 1.807) is 0 Å². The van der Waals surface area contributed by atoms with Gasteiger partial charge in [-0.1, -0.05) is 6.08 Å². The lowest BCUT2D eigenvalue weighted by molar-refractivity contribution is 0.0710. The van der Waals surface area contributed by atoms with Gasteiger partial charge >= 0.3 is 0 Å². The maximum absolute atomic E-state index is 12.4. The molecule has 4 nitrogen and oxygen atoms in total. The summed E-state index contributed by atoms with van der Waals surface area (Å²) in [6, 6.07) is 1.97. The maximum atomic E-state index is 12.4. The molecule has 0 radical (unpaired) electrons. The predicted molar refractivity (Wildman–Crippen MR) is 80.1 cm³/mol. The Kier molecular flexibility index (Phi) is 4.78. The first kappa shape index (κ1) is 15.0. The number of carbonyl (C=O) groups is 1. The smallest absolute Gasteiger partial charge is 0.178 e. The van der Waals surface area contributed by atoms with E-state index in [1.165, 1.54) is 0 Å². The minimum atomic E-state index is -0.195. The Bertz CT molecular complexity index is 497. The number of aromatic nitrogens is 1. The van der Waals surface area contributed by atoms with E-state index >= 15 is 0 Å². The van der Waals surface area contributed by atoms with Gasteiger partial charge < -0.3 is 9.67 Å². The van der Waals surface area contributed by atoms with Gasteiger partial charge in [-0.15, -0.1) is 6.58 Å². The highest BCUT2D eigenvalue weighted by Gasteiger charge is 2.21. The summed E-state index contributed by atoms with van der Waals surface area (Å²) in [4.78, 5) is 14.6. The van der Waals surface area contributed by atoms with Crippen molar-refractivity contribution in [3.8, 4) is 0 Å². The fraction of sp³-hybridized carbons (Fsp3) is 0.562. The molecule has 0 atom stereocenters. The molecule has 0 saturated carbocycles. The molecule has 2 rings (SSSR count). The largest absolute Gasteiger partial charge is 0.393 e. The second-order valence-corrected chi connectivity index (χ2v) is 5.61. The minimum absolute atomic E-state index is 0.171. The molecule has 0 bridgehead atoms. The van der Waals surface area contributed by atoms with E-state index in [-0.39, 0.29) is 11.9 Å². The van der Waals surface area contributed by atoms with Gasteiger partial charge in [0.15, 0.2) is 5.78 Å². The van der Waals surface area contributed by atoms with E-state index in [2.05, 4.69) is 16.0 Å². The summed E-state index contributed by atoms with van der Waals surface area (Å²) in [5.74, 6) is 0.171. The lowest BCUT2D eigenvalue weighted by Gasteiger charge is -2.28. The molecule has 0 spiro atoms. The molecular weight excluding hydrogens is 252 g/mol. The second-order valence-electron chi connectivity index (χ2n) is 5.61. The fourth-order valence-electron chi connectivity index (χ4n) is 2.86. The summed E-state index contributed by atoms with van der Waals surface area (Å²) in [6.07, 6.45) is 3.19. The van der Waals surface area contributed by atoms with E-state index in [0.717, 1.165) is 49.4 Å². The molecule has 0 aromatic carbocycles. The highest BCUT2D eigenvalue weighted by molar-refractivity contribution is 5.99. The van der Waals surface area contributed by atoms with Crippen LogP contribution in [0.1, 0.15) is 34.6 Å². The van der Waals surface area contributed by atoms with Crippen molar-refractivity contribution in [3.05, 3.63) is 35.7 Å². The second kappa shape index (κ2) is 6.37. The first-order valence-electron chi connectivity index (χ1n) is 7.24. The Labute approximate surface area is 120 Å². The number of rotatable bonds is 5. The van der Waals surface area contributed by atoms with Crippen molar-refractivity contribution < 1.29 is 9.90 Å². The van der Waals surface area contributed by atoms with Crippen LogP contribution in [0.3, 0.4) is 0 Å². The molecule has 0 aliphatic carbocycles. The number of allylic oxidation sites excluding steroid dienone is 1. The molecule has 0 unspecified atom stereocenters. The molecule has 1 saturated heterocycles. The number of piperidine rings is 1. The number of carbonyl (C=O) groups excluding carboxylic acids is 1. The minimum Gasteiger partial charge on any atom is -0.393 e. The maximum Gasteiger partial charge on any atom is 0.178 e. The fourth-order valence-corrected chi connectivity index (χ4v) is 2.86. The van der Waals surface area contributed by atoms with Crippen LogP contribution in [-0.4, -0.2) is 46.1 Å². The van der Waals surface area contributed by atoms with Crippen LogP contribution in [0.4, 0.5) is 0 Å². The highest BCUT2D eigenvalue weighted by Crippen LogP contribution is 2.17. The number of aryl methyl sites for hydroxylation is 1. The topological polar surface area (TPSA) is 45.5 Å². The van der Waals surface area contributed by atoms with Crippen molar-refractivity contribution in [2.45, 2.75) is 39.3 Å². The van der Waals surface area contributed by atoms with E-state index in [9.17, 15) is 9.90 Å². The molecule has 20 heavy (non-hydrogen) atoms. The van der Waals surface area contributed by atoms with Crippen LogP contribution in [0.2, 0.25) is 0 Å². The normalized spacial score (nSPS) is 17.4. The van der Waals surface area contributed by atoms with Gasteiger partial charge in [0.1, 0.15) is 0 Å². The Morgan fingerprint density at radius 3 is 2.70 bits per heavy atom. The molecule has 1 aliphatic rings. The average molecular weight is 276 g/mol. The number of aliphatic hydroxyl groups is 1. The predicted octanol–water partition coefficient (Wildman–Crippen LogP) is 1.93. The third-order valence-corrected chi connectivity index (χ3v) is 4.11. The van der Waals surface area contributed by atoms with Crippen molar-refractivity contribution in [1.82, 2.24) is 9.47 Å². The molecule has 1 fully saturated rings. The third kappa shape index (κ3) is 3.19. The average Bonchev–Trinajstić information content (AvgIpc) is 2.70. The van der Waals surface area contributed by atoms with Gasteiger partial charge in [0, 0.05) is 36.6 Å². The molecule has 1 aromatic heterocycles. The van der Waals surface area contributed by atoms with Crippen LogP contribution < -0.4 is 0 Å². The van der Waals surface area contributed by atoms with Crippen LogP contribution >= 0.6 is 0 Å². The monoisotopic (exact) mass is 276 g/mol. The summed E-state index contributed by atoms with van der Waals surface area (Å²) >= 11 is 0. The zero-order valence-electron chi connectivity index (χ0n) is 12.4. The van der Waals surface area contributed by atoms with Gasteiger partial charge in [-0.05, 0) is 32.8 Å². The number of hydrogen-bond donors (Lipinski definition) is 1. The molecular formula is C16H24N2O2. The number of hydrogen-bond acceptors (Lipinski definition) is 3. The molecule has 2 heterocycles. The van der Waals surface area contributed by atoms with Crippen molar-refractivity contribution in [2.24, 2.45) is 0 Å². The number of nitrogens with zero attached hydrogens (tertiary/aromatic N) is 2. The first-order valence-corrected chi connectivity index (χ1v) is 7.24. The summed E-state index contributed by atoms with van der Waals surface area (Å²) in [6.45, 7) is 10.6. The van der Waals surface area contributed by atoms with Crippen LogP contribution in [0, 0.1) is 13.8 Å².